The summed E-state index contributed by atoms with van der Waals surface area (Å²) in [4.78, 5) is 0. The second-order valence-corrected chi connectivity index (χ2v) is 9.82. The molecule has 1 fully saturated rings. The van der Waals surface area contributed by atoms with E-state index in [9.17, 15) is 0 Å². The van der Waals surface area contributed by atoms with Gasteiger partial charge in [-0.3, -0.25) is 0 Å². The molecule has 2 heterocycles. The number of unbranched alkanes of at least 4 members (excludes halogenated alkanes) is 7. The van der Waals surface area contributed by atoms with Gasteiger partial charge in [-0.2, -0.15) is 0 Å². The van der Waals surface area contributed by atoms with Crippen LogP contribution in [-0.2, 0) is 6.54 Å². The third kappa shape index (κ3) is 9.32. The summed E-state index contributed by atoms with van der Waals surface area (Å²) < 4.78 is 2.81. The molecular weight excluding hydrogens is 422 g/mol. The zero-order chi connectivity index (χ0) is 17.7. The van der Waals surface area contributed by atoms with E-state index in [4.69, 9.17) is 0 Å². The van der Waals surface area contributed by atoms with Gasteiger partial charge in [0.25, 0.3) is 0 Å². The molecule has 0 radical (unpaired) electrons. The van der Waals surface area contributed by atoms with Gasteiger partial charge in [0.1, 0.15) is 0 Å². The van der Waals surface area contributed by atoms with Crippen molar-refractivity contribution in [3.05, 3.63) is 42.7 Å². The largest absolute Gasteiger partial charge is 1.00 e. The van der Waals surface area contributed by atoms with Crippen molar-refractivity contribution in [3.8, 4) is 0 Å². The average molecular weight is 459 g/mol. The summed E-state index contributed by atoms with van der Waals surface area (Å²) in [5, 5.41) is 0. The fraction of sp³-hybridized carbons (Fsp3) is 0.682. The average Bonchev–Trinajstić information content (AvgIpc) is 2.65. The van der Waals surface area contributed by atoms with E-state index in [1.807, 2.05) is 6.08 Å². The third-order valence-corrected chi connectivity index (χ3v) is 8.26. The first-order chi connectivity index (χ1) is 12.3. The number of pyridine rings is 1. The number of nitrogens with zero attached hydrogens (tertiary/aromatic N) is 1. The van der Waals surface area contributed by atoms with Gasteiger partial charge < -0.3 is 17.0 Å². The number of rotatable bonds is 12. The van der Waals surface area contributed by atoms with Crippen LogP contribution < -0.4 is 21.5 Å². The maximum atomic E-state index is 3.80. The van der Waals surface area contributed by atoms with Crippen molar-refractivity contribution in [1.82, 2.24) is 0 Å². The highest BCUT2D eigenvalue weighted by Gasteiger charge is 2.23. The molecule has 1 aliphatic heterocycles. The summed E-state index contributed by atoms with van der Waals surface area (Å²) in [5.41, 5.74) is 1.47. The molecule has 0 spiro atoms. The number of aromatic nitrogens is 1. The van der Waals surface area contributed by atoms with E-state index in [0.29, 0.717) is 4.58 Å². The lowest BCUT2D eigenvalue weighted by Crippen LogP contribution is -3.00. The van der Waals surface area contributed by atoms with Gasteiger partial charge >= 0.3 is 0 Å². The molecule has 1 aliphatic rings. The maximum Gasteiger partial charge on any atom is 0.169 e. The minimum Gasteiger partial charge on any atom is -1.00 e. The first-order valence-electron chi connectivity index (χ1n) is 10.2. The smallest absolute Gasteiger partial charge is 0.169 e. The molecule has 148 valence electrons. The molecule has 1 aromatic rings. The van der Waals surface area contributed by atoms with Crippen LogP contribution in [0.2, 0.25) is 0 Å². The van der Waals surface area contributed by atoms with Crippen LogP contribution in [0.25, 0.3) is 0 Å². The molecule has 1 nitrogen and oxygen atoms in total. The summed E-state index contributed by atoms with van der Waals surface area (Å²) in [5.74, 6) is 3.62. The summed E-state index contributed by atoms with van der Waals surface area (Å²) in [6, 6.07) is 4.57. The Bertz CT molecular complexity index is 470. The van der Waals surface area contributed by atoms with E-state index in [2.05, 4.69) is 66.1 Å². The van der Waals surface area contributed by atoms with Crippen molar-refractivity contribution < 1.29 is 21.5 Å². The van der Waals surface area contributed by atoms with Gasteiger partial charge in [-0.05, 0) is 35.5 Å². The zero-order valence-electron chi connectivity index (χ0n) is 16.4. The Morgan fingerprint density at radius 3 is 2.15 bits per heavy atom. The molecule has 26 heavy (non-hydrogen) atoms. The first kappa shape index (κ1) is 24.1. The number of hydrogen-bond donors (Lipinski definition) is 0. The van der Waals surface area contributed by atoms with Gasteiger partial charge in [-0.25, -0.2) is 4.57 Å². The maximum absolute atomic E-state index is 3.80. The van der Waals surface area contributed by atoms with Crippen LogP contribution in [-0.4, -0.2) is 11.5 Å². The van der Waals surface area contributed by atoms with Gasteiger partial charge in [-0.1, -0.05) is 64.9 Å². The lowest BCUT2D eigenvalue weighted by Gasteiger charge is -2.27. The fourth-order valence-corrected chi connectivity index (χ4v) is 6.53. The van der Waals surface area contributed by atoms with Crippen LogP contribution in [0.3, 0.4) is 0 Å². The Hall–Kier alpha value is 0.0700. The molecule has 0 unspecified atom stereocenters. The highest BCUT2D eigenvalue weighted by molar-refractivity contribution is 8.16. The van der Waals surface area contributed by atoms with E-state index < -0.39 is 0 Å². The van der Waals surface area contributed by atoms with Crippen molar-refractivity contribution >= 4 is 23.5 Å². The normalized spacial score (nSPS) is 19.7. The Morgan fingerprint density at radius 2 is 1.58 bits per heavy atom. The quantitative estimate of drug-likeness (QED) is 0.267. The number of hydrogen-bond acceptors (Lipinski definition) is 2. The minimum absolute atomic E-state index is 0. The Labute approximate surface area is 180 Å². The van der Waals surface area contributed by atoms with Crippen LogP contribution in [0, 0.1) is 5.92 Å². The molecule has 0 bridgehead atoms. The number of halogens is 1. The molecule has 4 heteroatoms. The van der Waals surface area contributed by atoms with Crippen molar-refractivity contribution in [2.24, 2.45) is 5.92 Å². The van der Waals surface area contributed by atoms with E-state index in [1.165, 1.54) is 74.9 Å². The van der Waals surface area contributed by atoms with Gasteiger partial charge in [0, 0.05) is 12.1 Å². The van der Waals surface area contributed by atoms with Gasteiger partial charge in [0.2, 0.25) is 0 Å². The summed E-state index contributed by atoms with van der Waals surface area (Å²) in [6.45, 7) is 6.99. The van der Waals surface area contributed by atoms with Crippen molar-refractivity contribution in [2.75, 3.05) is 11.5 Å². The SMILES string of the molecule is C=CC[n+]1ccc(C2SCC(CCCCCCCCCC)CS2)cc1.[Br-]. The molecule has 0 aliphatic carbocycles. The minimum atomic E-state index is 0. The molecule has 0 N–H and O–H groups in total. The molecule has 2 rings (SSSR count). The lowest BCUT2D eigenvalue weighted by atomic mass is 10.0. The second-order valence-electron chi connectivity index (χ2n) is 7.25. The summed E-state index contributed by atoms with van der Waals surface area (Å²) in [7, 11) is 0. The Balaban J connectivity index is 0.00000338. The first-order valence-corrected chi connectivity index (χ1v) is 12.3. The molecule has 0 atom stereocenters. The molecule has 0 amide bonds. The van der Waals surface area contributed by atoms with Gasteiger partial charge in [0.05, 0.1) is 4.58 Å². The van der Waals surface area contributed by atoms with Crippen LogP contribution in [0.1, 0.15) is 74.9 Å². The monoisotopic (exact) mass is 457 g/mol. The zero-order valence-corrected chi connectivity index (χ0v) is 19.6. The predicted octanol–water partition coefficient (Wildman–Crippen LogP) is 3.79. The second kappa shape index (κ2) is 15.0. The lowest BCUT2D eigenvalue weighted by molar-refractivity contribution is -0.687. The summed E-state index contributed by atoms with van der Waals surface area (Å²) in [6.07, 6.45) is 19.2. The molecule has 0 saturated carbocycles. The Morgan fingerprint density at radius 1 is 1.00 bits per heavy atom. The standard InChI is InChI=1S/C22H36NS2.BrH/c1-3-5-6-7-8-9-10-11-12-20-18-24-22(25-19-20)21-13-16-23(15-4-2)17-14-21;/h4,13-14,16-17,20,22H,2-3,5-12,15,18-19H2,1H3;1H/q+1;/p-1. The van der Waals surface area contributed by atoms with Crippen molar-refractivity contribution in [2.45, 2.75) is 75.8 Å². The summed E-state index contributed by atoms with van der Waals surface area (Å²) >= 11 is 4.31. The molecule has 1 aromatic heterocycles. The topological polar surface area (TPSA) is 3.88 Å². The predicted molar refractivity (Wildman–Crippen MR) is 115 cm³/mol. The third-order valence-electron chi connectivity index (χ3n) is 4.96. The van der Waals surface area contributed by atoms with Crippen LogP contribution >= 0.6 is 23.5 Å². The molecule has 1 saturated heterocycles. The Kier molecular flexibility index (Phi) is 14.0. The van der Waals surface area contributed by atoms with Crippen LogP contribution in [0.5, 0.6) is 0 Å². The van der Waals surface area contributed by atoms with E-state index >= 15 is 0 Å². The van der Waals surface area contributed by atoms with Crippen molar-refractivity contribution in [1.29, 1.82) is 0 Å². The molecule has 0 aromatic carbocycles. The number of thioether (sulfide) groups is 2. The van der Waals surface area contributed by atoms with Gasteiger partial charge in [-0.15, -0.1) is 23.5 Å². The van der Waals surface area contributed by atoms with Gasteiger partial charge in [0.15, 0.2) is 18.9 Å². The van der Waals surface area contributed by atoms with Crippen molar-refractivity contribution in [3.63, 3.8) is 0 Å². The van der Waals surface area contributed by atoms with Crippen LogP contribution in [0.4, 0.5) is 0 Å². The fourth-order valence-electron chi connectivity index (χ4n) is 3.37. The van der Waals surface area contributed by atoms with E-state index in [0.717, 1.165) is 12.5 Å². The highest BCUT2D eigenvalue weighted by Crippen LogP contribution is 2.46. The molecular formula is C22H36BrNS2. The van der Waals surface area contributed by atoms with Crippen LogP contribution in [0.15, 0.2) is 37.2 Å². The van der Waals surface area contributed by atoms with E-state index in [-0.39, 0.29) is 17.0 Å². The van der Waals surface area contributed by atoms with E-state index in [1.54, 1.807) is 0 Å². The number of allylic oxidation sites excluding steroid dienone is 1. The highest BCUT2D eigenvalue weighted by atomic mass is 79.9.